The maximum atomic E-state index is 13.4. The fourth-order valence-electron chi connectivity index (χ4n) is 3.66. The minimum absolute atomic E-state index is 0.0139. The van der Waals surface area contributed by atoms with Gasteiger partial charge in [-0.15, -0.1) is 0 Å². The Balaban J connectivity index is 3.18. The lowest BCUT2D eigenvalue weighted by molar-refractivity contribution is -0.145. The molecular weight excluding hydrogens is 510 g/mol. The van der Waals surface area contributed by atoms with E-state index in [4.69, 9.17) is 17.2 Å². The number of amides is 3. The molecule has 5 atom stereocenters. The number of aliphatic carboxylic acids is 1. The average Bonchev–Trinajstić information content (AvgIpc) is 2.83. The van der Waals surface area contributed by atoms with Crippen LogP contribution in [0.15, 0.2) is 29.3 Å². The number of benzene rings is 1. The van der Waals surface area contributed by atoms with Crippen LogP contribution >= 0.6 is 0 Å². The van der Waals surface area contributed by atoms with E-state index in [1.54, 1.807) is 12.1 Å². The van der Waals surface area contributed by atoms with Crippen molar-refractivity contribution in [3.05, 3.63) is 29.8 Å². The van der Waals surface area contributed by atoms with E-state index in [2.05, 4.69) is 20.9 Å². The summed E-state index contributed by atoms with van der Waals surface area (Å²) in [7, 11) is 0. The number of aromatic hydroxyl groups is 1. The molecule has 14 heteroatoms. The van der Waals surface area contributed by atoms with Crippen molar-refractivity contribution in [2.45, 2.75) is 76.7 Å². The number of nitrogens with zero attached hydrogens (tertiary/aromatic N) is 1. The molecule has 1 aromatic rings. The first kappa shape index (κ1) is 33.1. The standard InChI is InChI=1S/C25H41N7O7/c1-13(2)11-17(26)21(35)31-19(12-15-6-8-16(34)9-7-15)23(37)30-18(5-4-10-29-25(27)28)22(36)32-20(14(3)33)24(38)39/h6-9,13-14,17-20,33-34H,4-5,10-12,26H2,1-3H3,(H,30,37)(H,31,35)(H,32,36)(H,38,39)(H4,27,28,29). The molecule has 1 rings (SSSR count). The summed E-state index contributed by atoms with van der Waals surface area (Å²) < 4.78 is 0. The van der Waals surface area contributed by atoms with Crippen molar-refractivity contribution in [1.29, 1.82) is 0 Å². The van der Waals surface area contributed by atoms with Crippen LogP contribution in [0, 0.1) is 5.92 Å². The molecule has 0 aliphatic heterocycles. The van der Waals surface area contributed by atoms with Gasteiger partial charge in [-0.05, 0) is 49.8 Å². The third-order valence-corrected chi connectivity index (χ3v) is 5.70. The summed E-state index contributed by atoms with van der Waals surface area (Å²) in [5, 5.41) is 36.1. The maximum Gasteiger partial charge on any atom is 0.328 e. The smallest absolute Gasteiger partial charge is 0.328 e. The van der Waals surface area contributed by atoms with Crippen LogP contribution in [0.4, 0.5) is 0 Å². The normalized spacial score (nSPS) is 14.8. The third-order valence-electron chi connectivity index (χ3n) is 5.70. The highest BCUT2D eigenvalue weighted by Gasteiger charge is 2.32. The summed E-state index contributed by atoms with van der Waals surface area (Å²) in [6, 6.07) is 1.13. The van der Waals surface area contributed by atoms with E-state index in [0.29, 0.717) is 12.0 Å². The second-order valence-electron chi connectivity index (χ2n) is 9.74. The Bertz CT molecular complexity index is 995. The second kappa shape index (κ2) is 16.1. The summed E-state index contributed by atoms with van der Waals surface area (Å²) in [5.41, 5.74) is 17.3. The van der Waals surface area contributed by atoms with Gasteiger partial charge in [-0.25, -0.2) is 4.79 Å². The Kier molecular flexibility index (Phi) is 13.7. The topological polar surface area (TPSA) is 255 Å². The molecule has 0 aliphatic rings. The van der Waals surface area contributed by atoms with E-state index in [1.807, 2.05) is 13.8 Å². The van der Waals surface area contributed by atoms with Crippen molar-refractivity contribution in [3.8, 4) is 5.75 Å². The molecule has 0 fully saturated rings. The van der Waals surface area contributed by atoms with Crippen LogP contribution in [0.1, 0.15) is 45.6 Å². The van der Waals surface area contributed by atoms with Crippen LogP contribution in [-0.4, -0.2) is 81.8 Å². The number of carboxylic acids is 1. The number of carbonyl (C=O) groups is 4. The number of aliphatic imine (C=N–C) groups is 1. The van der Waals surface area contributed by atoms with Crippen LogP contribution in [0.25, 0.3) is 0 Å². The number of hydrogen-bond acceptors (Lipinski definition) is 8. The number of phenols is 1. The highest BCUT2D eigenvalue weighted by atomic mass is 16.4. The largest absolute Gasteiger partial charge is 0.508 e. The molecule has 5 unspecified atom stereocenters. The monoisotopic (exact) mass is 551 g/mol. The number of rotatable bonds is 16. The van der Waals surface area contributed by atoms with Crippen LogP contribution in [0.2, 0.25) is 0 Å². The first-order chi connectivity index (χ1) is 18.2. The molecule has 0 heterocycles. The minimum atomic E-state index is -1.61. The Morgan fingerprint density at radius 3 is 2.00 bits per heavy atom. The molecule has 0 aliphatic carbocycles. The second-order valence-corrected chi connectivity index (χ2v) is 9.74. The van der Waals surface area contributed by atoms with Crippen molar-refractivity contribution >= 4 is 29.7 Å². The van der Waals surface area contributed by atoms with Crippen molar-refractivity contribution in [2.24, 2.45) is 28.1 Å². The molecule has 0 saturated carbocycles. The van der Waals surface area contributed by atoms with Crippen molar-refractivity contribution in [1.82, 2.24) is 16.0 Å². The number of nitrogens with one attached hydrogen (secondary N) is 3. The number of nitrogens with two attached hydrogens (primary N) is 3. The Morgan fingerprint density at radius 2 is 1.49 bits per heavy atom. The van der Waals surface area contributed by atoms with E-state index in [0.717, 1.165) is 0 Å². The number of guanidine groups is 1. The Labute approximate surface area is 227 Å². The molecule has 218 valence electrons. The quantitative estimate of drug-likeness (QED) is 0.0638. The summed E-state index contributed by atoms with van der Waals surface area (Å²) in [6.07, 6.45) is -0.747. The zero-order valence-electron chi connectivity index (χ0n) is 22.5. The van der Waals surface area contributed by atoms with Gasteiger partial charge in [-0.3, -0.25) is 19.4 Å². The number of carboxylic acid groups (broad SMARTS) is 1. The molecular formula is C25H41N7O7. The number of aliphatic hydroxyl groups is 1. The Hall–Kier alpha value is -3.91. The lowest BCUT2D eigenvalue weighted by Crippen LogP contribution is -2.58. The van der Waals surface area contributed by atoms with Gasteiger partial charge in [0, 0.05) is 13.0 Å². The van der Waals surface area contributed by atoms with E-state index in [-0.39, 0.29) is 43.4 Å². The van der Waals surface area contributed by atoms with E-state index in [1.165, 1.54) is 19.1 Å². The number of carbonyl (C=O) groups excluding carboxylic acids is 3. The van der Waals surface area contributed by atoms with Crippen LogP contribution in [0.3, 0.4) is 0 Å². The van der Waals surface area contributed by atoms with Crippen molar-refractivity contribution in [2.75, 3.05) is 6.54 Å². The van der Waals surface area contributed by atoms with Gasteiger partial charge in [0.2, 0.25) is 17.7 Å². The summed E-state index contributed by atoms with van der Waals surface area (Å²) in [5.74, 6) is -3.60. The number of hydrogen-bond donors (Lipinski definition) is 9. The molecule has 39 heavy (non-hydrogen) atoms. The van der Waals surface area contributed by atoms with Gasteiger partial charge in [0.25, 0.3) is 0 Å². The summed E-state index contributed by atoms with van der Waals surface area (Å²) in [6.45, 7) is 5.14. The predicted molar refractivity (Wildman–Crippen MR) is 144 cm³/mol. The molecule has 0 radical (unpaired) electrons. The molecule has 0 aromatic heterocycles. The lowest BCUT2D eigenvalue weighted by Gasteiger charge is -2.26. The minimum Gasteiger partial charge on any atom is -0.508 e. The maximum absolute atomic E-state index is 13.4. The summed E-state index contributed by atoms with van der Waals surface area (Å²) >= 11 is 0. The Morgan fingerprint density at radius 1 is 0.923 bits per heavy atom. The van der Waals surface area contributed by atoms with E-state index >= 15 is 0 Å². The van der Waals surface area contributed by atoms with Crippen molar-refractivity contribution < 1.29 is 34.5 Å². The van der Waals surface area contributed by atoms with Crippen LogP contribution in [0.5, 0.6) is 5.75 Å². The molecule has 3 amide bonds. The fraction of sp³-hybridized carbons (Fsp3) is 0.560. The zero-order chi connectivity index (χ0) is 29.7. The van der Waals surface area contributed by atoms with Gasteiger partial charge in [0.05, 0.1) is 12.1 Å². The molecule has 12 N–H and O–H groups in total. The van der Waals surface area contributed by atoms with Gasteiger partial charge >= 0.3 is 5.97 Å². The molecule has 14 nitrogen and oxygen atoms in total. The SMILES string of the molecule is CC(C)CC(N)C(=O)NC(Cc1ccc(O)cc1)C(=O)NC(CCCN=C(N)N)C(=O)NC(C(=O)O)C(C)O. The molecule has 0 saturated heterocycles. The first-order valence-electron chi connectivity index (χ1n) is 12.6. The van der Waals surface area contributed by atoms with Crippen LogP contribution in [-0.2, 0) is 25.6 Å². The molecule has 0 spiro atoms. The number of aliphatic hydroxyl groups excluding tert-OH is 1. The molecule has 0 bridgehead atoms. The fourth-order valence-corrected chi connectivity index (χ4v) is 3.66. The van der Waals surface area contributed by atoms with Gasteiger partial charge in [-0.2, -0.15) is 0 Å². The van der Waals surface area contributed by atoms with Gasteiger partial charge in [0.1, 0.15) is 17.8 Å². The number of phenolic OH excluding ortho intramolecular Hbond substituents is 1. The highest BCUT2D eigenvalue weighted by Crippen LogP contribution is 2.13. The first-order valence-corrected chi connectivity index (χ1v) is 12.6. The predicted octanol–water partition coefficient (Wildman–Crippen LogP) is -1.72. The highest BCUT2D eigenvalue weighted by molar-refractivity contribution is 5.94. The van der Waals surface area contributed by atoms with Crippen molar-refractivity contribution in [3.63, 3.8) is 0 Å². The lowest BCUT2D eigenvalue weighted by atomic mass is 10.0. The zero-order valence-corrected chi connectivity index (χ0v) is 22.5. The van der Waals surface area contributed by atoms with Gasteiger partial charge in [0.15, 0.2) is 12.0 Å². The summed E-state index contributed by atoms with van der Waals surface area (Å²) in [4.78, 5) is 54.4. The van der Waals surface area contributed by atoms with Gasteiger partial charge < -0.3 is 48.5 Å². The van der Waals surface area contributed by atoms with Gasteiger partial charge in [-0.1, -0.05) is 26.0 Å². The molecule has 1 aromatic carbocycles. The van der Waals surface area contributed by atoms with Crippen LogP contribution < -0.4 is 33.2 Å². The van der Waals surface area contributed by atoms with E-state index < -0.39 is 54.0 Å². The average molecular weight is 552 g/mol. The third kappa shape index (κ3) is 12.5. The van der Waals surface area contributed by atoms with E-state index in [9.17, 15) is 34.5 Å².